The van der Waals surface area contributed by atoms with Gasteiger partial charge in [-0.1, -0.05) is 0 Å². The molecule has 1 aliphatic rings. The van der Waals surface area contributed by atoms with Crippen LogP contribution in [0.1, 0.15) is 30.3 Å². The lowest BCUT2D eigenvalue weighted by molar-refractivity contribution is -0.146. The Morgan fingerprint density at radius 3 is 2.65 bits per heavy atom. The number of alkyl halides is 5. The van der Waals surface area contributed by atoms with E-state index in [9.17, 15) is 26.7 Å². The normalized spacial score (nSPS) is 17.1. The summed E-state index contributed by atoms with van der Waals surface area (Å²) in [6.45, 7) is 0.744. The van der Waals surface area contributed by atoms with E-state index >= 15 is 0 Å². The summed E-state index contributed by atoms with van der Waals surface area (Å²) < 4.78 is 70.5. The molecule has 0 unspecified atom stereocenters. The van der Waals surface area contributed by atoms with Crippen LogP contribution in [0.2, 0.25) is 0 Å². The standard InChI is InChI=1S/C11H11F5N2O2/c1-2-20-7(19)5-18-9-6(3-4-10(9,12)13)8(17-18)11(14,15)16/h2-5H2,1H3. The molecular weight excluding hydrogens is 287 g/mol. The van der Waals surface area contributed by atoms with Gasteiger partial charge in [0, 0.05) is 12.0 Å². The maximum atomic E-state index is 13.7. The number of carbonyl (C=O) groups excluding carboxylic acids is 1. The zero-order valence-corrected chi connectivity index (χ0v) is 10.4. The molecule has 1 aliphatic carbocycles. The van der Waals surface area contributed by atoms with E-state index in [1.54, 1.807) is 0 Å². The van der Waals surface area contributed by atoms with Gasteiger partial charge in [0.1, 0.15) is 12.2 Å². The molecule has 1 aromatic rings. The fraction of sp³-hybridized carbons (Fsp3) is 0.636. The summed E-state index contributed by atoms with van der Waals surface area (Å²) in [6.07, 6.45) is -5.96. The minimum Gasteiger partial charge on any atom is -0.465 e. The molecule has 0 saturated heterocycles. The molecule has 0 bridgehead atoms. The van der Waals surface area contributed by atoms with Crippen molar-refractivity contribution in [3.8, 4) is 0 Å². The van der Waals surface area contributed by atoms with Gasteiger partial charge in [-0.15, -0.1) is 0 Å². The van der Waals surface area contributed by atoms with Crippen LogP contribution in [0, 0.1) is 0 Å². The number of hydrogen-bond donors (Lipinski definition) is 0. The maximum absolute atomic E-state index is 13.7. The summed E-state index contributed by atoms with van der Waals surface area (Å²) in [5.74, 6) is -4.33. The minimum atomic E-state index is -4.83. The number of carbonyl (C=O) groups is 1. The highest BCUT2D eigenvalue weighted by atomic mass is 19.4. The van der Waals surface area contributed by atoms with Crippen LogP contribution in [0.5, 0.6) is 0 Å². The molecule has 1 aromatic heterocycles. The van der Waals surface area contributed by atoms with E-state index < -0.39 is 54.4 Å². The van der Waals surface area contributed by atoms with Gasteiger partial charge in [0.05, 0.1) is 6.61 Å². The third-order valence-electron chi connectivity index (χ3n) is 2.94. The predicted molar refractivity (Wildman–Crippen MR) is 56.1 cm³/mol. The van der Waals surface area contributed by atoms with E-state index in [1.807, 2.05) is 0 Å². The van der Waals surface area contributed by atoms with Crippen molar-refractivity contribution in [2.24, 2.45) is 0 Å². The molecule has 2 rings (SSSR count). The highest BCUT2D eigenvalue weighted by Gasteiger charge is 2.50. The molecule has 0 N–H and O–H groups in total. The molecule has 4 nitrogen and oxygen atoms in total. The van der Waals surface area contributed by atoms with E-state index in [0.717, 1.165) is 0 Å². The Kier molecular flexibility index (Phi) is 3.47. The molecular formula is C11H11F5N2O2. The largest absolute Gasteiger partial charge is 0.465 e. The Hall–Kier alpha value is -1.67. The van der Waals surface area contributed by atoms with Gasteiger partial charge in [-0.3, -0.25) is 9.48 Å². The Morgan fingerprint density at radius 2 is 2.10 bits per heavy atom. The Balaban J connectivity index is 2.45. The molecule has 0 atom stereocenters. The van der Waals surface area contributed by atoms with Gasteiger partial charge in [-0.05, 0) is 13.3 Å². The Labute approximate surface area is 110 Å². The van der Waals surface area contributed by atoms with Gasteiger partial charge in [-0.25, -0.2) is 0 Å². The van der Waals surface area contributed by atoms with Gasteiger partial charge >= 0.3 is 12.1 Å². The van der Waals surface area contributed by atoms with Gasteiger partial charge in [0.15, 0.2) is 5.69 Å². The first-order valence-corrected chi connectivity index (χ1v) is 5.87. The van der Waals surface area contributed by atoms with E-state index in [-0.39, 0.29) is 6.61 Å². The van der Waals surface area contributed by atoms with Gasteiger partial charge in [-0.2, -0.15) is 27.1 Å². The molecule has 0 radical (unpaired) electrons. The average molecular weight is 298 g/mol. The molecule has 0 fully saturated rings. The summed E-state index contributed by atoms with van der Waals surface area (Å²) >= 11 is 0. The number of halogens is 5. The monoisotopic (exact) mass is 298 g/mol. The van der Waals surface area contributed by atoms with Crippen LogP contribution in [0.4, 0.5) is 22.0 Å². The van der Waals surface area contributed by atoms with Crippen molar-refractivity contribution < 1.29 is 31.5 Å². The fourth-order valence-electron chi connectivity index (χ4n) is 2.22. The van der Waals surface area contributed by atoms with Gasteiger partial charge in [0.25, 0.3) is 5.92 Å². The zero-order valence-electron chi connectivity index (χ0n) is 10.4. The van der Waals surface area contributed by atoms with E-state index in [0.29, 0.717) is 4.68 Å². The number of ether oxygens (including phenoxy) is 1. The Bertz CT molecular complexity index is 536. The minimum absolute atomic E-state index is 0.00478. The topological polar surface area (TPSA) is 44.1 Å². The second-order valence-corrected chi connectivity index (χ2v) is 4.34. The van der Waals surface area contributed by atoms with Gasteiger partial charge < -0.3 is 4.74 Å². The highest BCUT2D eigenvalue weighted by molar-refractivity contribution is 5.69. The van der Waals surface area contributed by atoms with Crippen molar-refractivity contribution >= 4 is 5.97 Å². The van der Waals surface area contributed by atoms with Crippen molar-refractivity contribution in [1.29, 1.82) is 0 Å². The first-order valence-electron chi connectivity index (χ1n) is 5.87. The van der Waals surface area contributed by atoms with Crippen LogP contribution in [0.25, 0.3) is 0 Å². The predicted octanol–water partition coefficient (Wildman–Crippen LogP) is 2.50. The van der Waals surface area contributed by atoms with Crippen molar-refractivity contribution in [3.63, 3.8) is 0 Å². The number of esters is 1. The molecule has 0 aromatic carbocycles. The fourth-order valence-corrected chi connectivity index (χ4v) is 2.22. The van der Waals surface area contributed by atoms with Crippen molar-refractivity contribution in [3.05, 3.63) is 17.0 Å². The molecule has 112 valence electrons. The Morgan fingerprint density at radius 1 is 1.45 bits per heavy atom. The van der Waals surface area contributed by atoms with Crippen LogP contribution in [0.15, 0.2) is 0 Å². The highest BCUT2D eigenvalue weighted by Crippen LogP contribution is 2.46. The summed E-state index contributed by atoms with van der Waals surface area (Å²) in [5.41, 5.74) is -2.72. The lowest BCUT2D eigenvalue weighted by Crippen LogP contribution is -2.22. The van der Waals surface area contributed by atoms with Crippen LogP contribution < -0.4 is 0 Å². The summed E-state index contributed by atoms with van der Waals surface area (Å²) in [4.78, 5) is 11.3. The molecule has 0 aliphatic heterocycles. The van der Waals surface area contributed by atoms with Crippen LogP contribution >= 0.6 is 0 Å². The van der Waals surface area contributed by atoms with Crippen LogP contribution in [0.3, 0.4) is 0 Å². The number of rotatable bonds is 3. The third-order valence-corrected chi connectivity index (χ3v) is 2.94. The van der Waals surface area contributed by atoms with Crippen molar-refractivity contribution in [2.45, 2.75) is 38.4 Å². The molecule has 9 heteroatoms. The molecule has 1 heterocycles. The summed E-state index contributed by atoms with van der Waals surface area (Å²) in [6, 6.07) is 0. The van der Waals surface area contributed by atoms with E-state index in [1.165, 1.54) is 6.92 Å². The quantitative estimate of drug-likeness (QED) is 0.636. The zero-order chi connectivity index (χ0) is 15.1. The number of nitrogens with zero attached hydrogens (tertiary/aromatic N) is 2. The van der Waals surface area contributed by atoms with Crippen molar-refractivity contribution in [1.82, 2.24) is 9.78 Å². The average Bonchev–Trinajstić information content (AvgIpc) is 2.79. The van der Waals surface area contributed by atoms with Crippen LogP contribution in [-0.2, 0) is 34.6 Å². The van der Waals surface area contributed by atoms with Crippen molar-refractivity contribution in [2.75, 3.05) is 6.61 Å². The second kappa shape index (κ2) is 4.71. The third kappa shape index (κ3) is 2.48. The first kappa shape index (κ1) is 14.7. The summed E-state index contributed by atoms with van der Waals surface area (Å²) in [7, 11) is 0. The maximum Gasteiger partial charge on any atom is 0.435 e. The van der Waals surface area contributed by atoms with E-state index in [4.69, 9.17) is 0 Å². The van der Waals surface area contributed by atoms with Gasteiger partial charge in [0.2, 0.25) is 0 Å². The van der Waals surface area contributed by atoms with E-state index in [2.05, 4.69) is 9.84 Å². The number of hydrogen-bond acceptors (Lipinski definition) is 3. The lowest BCUT2D eigenvalue weighted by atomic mass is 10.2. The molecule has 0 spiro atoms. The van der Waals surface area contributed by atoms with Crippen LogP contribution in [-0.4, -0.2) is 22.4 Å². The summed E-state index contributed by atoms with van der Waals surface area (Å²) in [5, 5.41) is 3.13. The lowest BCUT2D eigenvalue weighted by Gasteiger charge is -2.12. The number of fused-ring (bicyclic) bond motifs is 1. The molecule has 0 saturated carbocycles. The second-order valence-electron chi connectivity index (χ2n) is 4.34. The SMILES string of the molecule is CCOC(=O)Cn1nc(C(F)(F)F)c2c1C(F)(F)CC2. The first-order chi connectivity index (χ1) is 9.16. The number of aromatic nitrogens is 2. The smallest absolute Gasteiger partial charge is 0.435 e. The molecule has 0 amide bonds. The molecule has 20 heavy (non-hydrogen) atoms.